The van der Waals surface area contributed by atoms with Crippen molar-refractivity contribution in [3.8, 4) is 0 Å². The van der Waals surface area contributed by atoms with E-state index in [0.717, 1.165) is 19.4 Å². The molecule has 1 fully saturated rings. The maximum Gasteiger partial charge on any atom is 0.338 e. The van der Waals surface area contributed by atoms with Gasteiger partial charge in [0.1, 0.15) is 5.82 Å². The van der Waals surface area contributed by atoms with Crippen LogP contribution in [0.1, 0.15) is 51.6 Å². The highest BCUT2D eigenvalue weighted by Crippen LogP contribution is 2.45. The number of fused-ring (bicyclic) bond motifs is 1. The van der Waals surface area contributed by atoms with E-state index in [9.17, 15) is 14.0 Å². The lowest BCUT2D eigenvalue weighted by atomic mass is 9.93. The van der Waals surface area contributed by atoms with E-state index < -0.39 is 17.8 Å². The van der Waals surface area contributed by atoms with Crippen LogP contribution >= 0.6 is 11.8 Å². The van der Waals surface area contributed by atoms with E-state index in [-0.39, 0.29) is 24.5 Å². The number of hydrogen-bond donors (Lipinski definition) is 1. The number of hydrogen-bond acceptors (Lipinski definition) is 7. The van der Waals surface area contributed by atoms with Crippen LogP contribution in [-0.2, 0) is 19.1 Å². The average Bonchev–Trinajstić information content (AvgIpc) is 3.41. The zero-order valence-electron chi connectivity index (χ0n) is 19.0. The summed E-state index contributed by atoms with van der Waals surface area (Å²) >= 11 is 1.38. The average molecular weight is 474 g/mol. The molecule has 3 heterocycles. The molecule has 1 amide bonds. The van der Waals surface area contributed by atoms with E-state index >= 15 is 0 Å². The van der Waals surface area contributed by atoms with Crippen LogP contribution in [0.5, 0.6) is 0 Å². The Hall–Kier alpha value is -2.65. The molecule has 3 aliphatic heterocycles. The summed E-state index contributed by atoms with van der Waals surface area (Å²) in [4.78, 5) is 32.2. The van der Waals surface area contributed by atoms with Gasteiger partial charge in [-0.15, -0.1) is 0 Å². The number of esters is 1. The minimum Gasteiger partial charge on any atom is -0.459 e. The molecule has 1 N–H and O–H groups in total. The first-order valence-electron chi connectivity index (χ1n) is 11.1. The van der Waals surface area contributed by atoms with Crippen molar-refractivity contribution in [2.75, 3.05) is 13.2 Å². The highest BCUT2D eigenvalue weighted by atomic mass is 32.2. The van der Waals surface area contributed by atoms with Crippen LogP contribution in [0.3, 0.4) is 0 Å². The summed E-state index contributed by atoms with van der Waals surface area (Å²) < 4.78 is 25.2. The van der Waals surface area contributed by atoms with Crippen LogP contribution in [0, 0.1) is 5.82 Å². The van der Waals surface area contributed by atoms with Gasteiger partial charge >= 0.3 is 5.97 Å². The third-order valence-electron chi connectivity index (χ3n) is 5.62. The van der Waals surface area contributed by atoms with Gasteiger partial charge in [0.15, 0.2) is 5.17 Å². The number of amidine groups is 1. The number of nitrogens with one attached hydrogen (secondary N) is 1. The lowest BCUT2D eigenvalue weighted by molar-refractivity contribution is -0.143. The summed E-state index contributed by atoms with van der Waals surface area (Å²) in [6.07, 6.45) is 1.79. The summed E-state index contributed by atoms with van der Waals surface area (Å²) in [6.45, 7) is 6.50. The van der Waals surface area contributed by atoms with E-state index in [1.807, 2.05) is 10.3 Å². The molecule has 0 bridgehead atoms. The van der Waals surface area contributed by atoms with Gasteiger partial charge in [-0.2, -0.15) is 0 Å². The predicted octanol–water partition coefficient (Wildman–Crippen LogP) is 4.04. The number of amides is 1. The Bertz CT molecular complexity index is 1030. The molecule has 0 aliphatic carbocycles. The number of thioether (sulfide) groups is 1. The summed E-state index contributed by atoms with van der Waals surface area (Å²) in [5, 5.41) is 5.44. The van der Waals surface area contributed by atoms with Crippen molar-refractivity contribution < 1.29 is 23.5 Å². The SMILES string of the molecule is CC1=C(C(=O)OC(C)C)[C@@H](c2cccc(F)c2)N2C(CC(=O)NC[C@@H]3CCCO3)=CSC2=N1. The molecule has 0 saturated carbocycles. The van der Waals surface area contributed by atoms with E-state index in [1.54, 1.807) is 32.9 Å². The second kappa shape index (κ2) is 10.1. The van der Waals surface area contributed by atoms with Crippen molar-refractivity contribution in [2.45, 2.75) is 58.3 Å². The van der Waals surface area contributed by atoms with Gasteiger partial charge in [-0.05, 0) is 56.7 Å². The fraction of sp³-hybridized carbons (Fsp3) is 0.458. The Morgan fingerprint density at radius 3 is 2.91 bits per heavy atom. The number of aliphatic imine (C=N–C) groups is 1. The first-order chi connectivity index (χ1) is 15.8. The van der Waals surface area contributed by atoms with Gasteiger partial charge in [0.05, 0.1) is 35.9 Å². The Balaban J connectivity index is 1.61. The highest BCUT2D eigenvalue weighted by molar-refractivity contribution is 8.16. The number of nitrogens with zero attached hydrogens (tertiary/aromatic N) is 2. The van der Waals surface area contributed by atoms with Gasteiger partial charge in [-0.25, -0.2) is 14.2 Å². The topological polar surface area (TPSA) is 80.2 Å². The molecule has 1 aromatic carbocycles. The summed E-state index contributed by atoms with van der Waals surface area (Å²) in [7, 11) is 0. The van der Waals surface area contributed by atoms with Crippen LogP contribution in [0.2, 0.25) is 0 Å². The Morgan fingerprint density at radius 2 is 2.21 bits per heavy atom. The number of ether oxygens (including phenoxy) is 2. The van der Waals surface area contributed by atoms with Crippen LogP contribution in [0.25, 0.3) is 0 Å². The molecule has 7 nitrogen and oxygen atoms in total. The van der Waals surface area contributed by atoms with Gasteiger partial charge in [0.25, 0.3) is 0 Å². The molecule has 3 aliphatic rings. The lowest BCUT2D eigenvalue weighted by Crippen LogP contribution is -2.39. The Kier molecular flexibility index (Phi) is 7.19. The molecular weight excluding hydrogens is 445 g/mol. The third-order valence-corrected chi connectivity index (χ3v) is 6.51. The van der Waals surface area contributed by atoms with Crippen LogP contribution in [0.15, 0.2) is 51.6 Å². The minimum absolute atomic E-state index is 0.0519. The fourth-order valence-corrected chi connectivity index (χ4v) is 5.12. The fourth-order valence-electron chi connectivity index (χ4n) is 4.16. The first-order valence-corrected chi connectivity index (χ1v) is 12.0. The molecular formula is C24H28FN3O4S. The summed E-state index contributed by atoms with van der Waals surface area (Å²) in [5.74, 6) is -1.05. The van der Waals surface area contributed by atoms with Crippen molar-refractivity contribution in [1.29, 1.82) is 0 Å². The van der Waals surface area contributed by atoms with Crippen LogP contribution in [-0.4, -0.2) is 47.3 Å². The standard InChI is InChI=1S/C24H28FN3O4S/c1-14(2)32-23(30)21-15(3)27-24-28(22(21)16-6-4-7-17(25)10-16)18(13-33-24)11-20(29)26-12-19-8-5-9-31-19/h4,6-7,10,13-14,19,22H,5,8-9,11-12H2,1-3H3,(H,26,29)/t19-,22+/m0/s1. The van der Waals surface area contributed by atoms with Crippen LogP contribution in [0.4, 0.5) is 4.39 Å². The van der Waals surface area contributed by atoms with Gasteiger partial charge in [-0.1, -0.05) is 23.9 Å². The van der Waals surface area contributed by atoms with Gasteiger partial charge in [0.2, 0.25) is 5.91 Å². The number of carbonyl (C=O) groups is 2. The number of halogens is 1. The molecule has 176 valence electrons. The van der Waals surface area contributed by atoms with Crippen molar-refractivity contribution in [3.63, 3.8) is 0 Å². The van der Waals surface area contributed by atoms with Crippen molar-refractivity contribution in [1.82, 2.24) is 10.2 Å². The molecule has 2 atom stereocenters. The lowest BCUT2D eigenvalue weighted by Gasteiger charge is -2.36. The monoisotopic (exact) mass is 473 g/mol. The van der Waals surface area contributed by atoms with Crippen molar-refractivity contribution in [2.24, 2.45) is 4.99 Å². The summed E-state index contributed by atoms with van der Waals surface area (Å²) in [6, 6.07) is 5.49. The third kappa shape index (κ3) is 5.30. The molecule has 0 radical (unpaired) electrons. The Morgan fingerprint density at radius 1 is 1.39 bits per heavy atom. The van der Waals surface area contributed by atoms with Crippen molar-refractivity contribution >= 4 is 28.8 Å². The number of rotatable bonds is 7. The maximum absolute atomic E-state index is 14.2. The predicted molar refractivity (Wildman–Crippen MR) is 125 cm³/mol. The number of carbonyl (C=O) groups excluding carboxylic acids is 2. The van der Waals surface area contributed by atoms with Gasteiger partial charge < -0.3 is 19.7 Å². The zero-order valence-corrected chi connectivity index (χ0v) is 19.8. The molecule has 0 unspecified atom stereocenters. The van der Waals surface area contributed by atoms with Crippen LogP contribution < -0.4 is 5.32 Å². The molecule has 9 heteroatoms. The van der Waals surface area contributed by atoms with E-state index in [0.29, 0.717) is 34.2 Å². The molecule has 1 saturated heterocycles. The second-order valence-corrected chi connectivity index (χ2v) is 9.35. The van der Waals surface area contributed by atoms with Crippen molar-refractivity contribution in [3.05, 3.63) is 58.0 Å². The summed E-state index contributed by atoms with van der Waals surface area (Å²) in [5.41, 5.74) is 2.14. The smallest absolute Gasteiger partial charge is 0.338 e. The minimum atomic E-state index is -0.647. The number of benzene rings is 1. The Labute approximate surface area is 197 Å². The van der Waals surface area contributed by atoms with Gasteiger partial charge in [-0.3, -0.25) is 4.79 Å². The van der Waals surface area contributed by atoms with E-state index in [4.69, 9.17) is 9.47 Å². The zero-order chi connectivity index (χ0) is 23.5. The molecule has 4 rings (SSSR count). The largest absolute Gasteiger partial charge is 0.459 e. The van der Waals surface area contributed by atoms with E-state index in [2.05, 4.69) is 10.3 Å². The molecule has 0 aromatic heterocycles. The molecule has 0 spiro atoms. The van der Waals surface area contributed by atoms with Gasteiger partial charge in [0, 0.05) is 18.8 Å². The normalized spacial score (nSPS) is 22.3. The quantitative estimate of drug-likeness (QED) is 0.602. The number of allylic oxidation sites excluding steroid dienone is 1. The first kappa shape index (κ1) is 23.5. The maximum atomic E-state index is 14.2. The highest BCUT2D eigenvalue weighted by Gasteiger charge is 2.41. The van der Waals surface area contributed by atoms with E-state index in [1.165, 1.54) is 23.9 Å². The molecule has 1 aromatic rings. The second-order valence-electron chi connectivity index (χ2n) is 8.52. The molecule has 33 heavy (non-hydrogen) atoms.